The molecule has 0 saturated carbocycles. The van der Waals surface area contributed by atoms with Gasteiger partial charge in [0.15, 0.2) is 0 Å². The number of rotatable bonds is 2. The van der Waals surface area contributed by atoms with Gasteiger partial charge in [-0.05, 0) is 44.5 Å². The van der Waals surface area contributed by atoms with E-state index in [1.54, 1.807) is 12.2 Å². The fraction of sp³-hybridized carbons (Fsp3) is 0.353. The maximum absolute atomic E-state index is 12.1. The molecular formula is C17H23N3O2. The van der Waals surface area contributed by atoms with Crippen molar-refractivity contribution in [1.82, 2.24) is 5.32 Å². The lowest BCUT2D eigenvalue weighted by Gasteiger charge is -2.36. The number of carbonyl (C=O) groups is 1. The standard InChI is InChI=1S/C17H23N3O2/c1-16(2,3)22-15(21)20-17(19)10-5-4-9-14(17)12-7-6-8-13(18)11-12/h4-11,14H,18-19H2,1-3H3,(H,20,21). The Labute approximate surface area is 131 Å². The van der Waals surface area contributed by atoms with E-state index in [1.807, 2.05) is 57.2 Å². The summed E-state index contributed by atoms with van der Waals surface area (Å²) in [6.45, 7) is 5.42. The Kier molecular flexibility index (Phi) is 4.28. The normalized spacial score (nSPS) is 24.1. The number of nitrogen functional groups attached to an aromatic ring is 1. The first-order valence-electron chi connectivity index (χ1n) is 7.21. The van der Waals surface area contributed by atoms with Gasteiger partial charge in [-0.25, -0.2) is 4.79 Å². The van der Waals surface area contributed by atoms with Crippen molar-refractivity contribution in [1.29, 1.82) is 0 Å². The van der Waals surface area contributed by atoms with Crippen LogP contribution in [0.2, 0.25) is 0 Å². The Bertz CT molecular complexity index is 617. The highest BCUT2D eigenvalue weighted by Gasteiger charge is 2.36. The summed E-state index contributed by atoms with van der Waals surface area (Å²) in [5, 5.41) is 2.76. The smallest absolute Gasteiger partial charge is 0.409 e. The van der Waals surface area contributed by atoms with Crippen LogP contribution < -0.4 is 16.8 Å². The molecule has 1 aromatic carbocycles. The van der Waals surface area contributed by atoms with E-state index in [0.717, 1.165) is 5.56 Å². The average Bonchev–Trinajstić information content (AvgIpc) is 2.36. The number of ether oxygens (including phenoxy) is 1. The van der Waals surface area contributed by atoms with Crippen molar-refractivity contribution in [2.24, 2.45) is 5.73 Å². The van der Waals surface area contributed by atoms with Crippen molar-refractivity contribution in [2.75, 3.05) is 5.73 Å². The second-order valence-electron chi connectivity index (χ2n) is 6.45. The van der Waals surface area contributed by atoms with Crippen LogP contribution in [0.15, 0.2) is 48.6 Å². The second-order valence-corrected chi connectivity index (χ2v) is 6.45. The molecule has 5 N–H and O–H groups in total. The molecule has 1 aliphatic carbocycles. The number of carbonyl (C=O) groups excluding carboxylic acids is 1. The molecule has 5 heteroatoms. The predicted octanol–water partition coefficient (Wildman–Crippen LogP) is 2.66. The highest BCUT2D eigenvalue weighted by atomic mass is 16.6. The summed E-state index contributed by atoms with van der Waals surface area (Å²) in [4.78, 5) is 12.1. The second kappa shape index (κ2) is 5.85. The minimum atomic E-state index is -1.06. The number of nitrogens with two attached hydrogens (primary N) is 2. The quantitative estimate of drug-likeness (QED) is 0.578. The molecular weight excluding hydrogens is 278 g/mol. The summed E-state index contributed by atoms with van der Waals surface area (Å²) in [7, 11) is 0. The van der Waals surface area contributed by atoms with Gasteiger partial charge < -0.3 is 16.2 Å². The number of hydrogen-bond donors (Lipinski definition) is 3. The maximum Gasteiger partial charge on any atom is 0.409 e. The van der Waals surface area contributed by atoms with Gasteiger partial charge >= 0.3 is 6.09 Å². The summed E-state index contributed by atoms with van der Waals surface area (Å²) in [5.74, 6) is -0.228. The first-order chi connectivity index (χ1) is 10.2. The van der Waals surface area contributed by atoms with E-state index < -0.39 is 17.4 Å². The molecule has 0 fully saturated rings. The van der Waals surface area contributed by atoms with Crippen molar-refractivity contribution in [3.63, 3.8) is 0 Å². The van der Waals surface area contributed by atoms with Crippen LogP contribution in [0.1, 0.15) is 32.3 Å². The van der Waals surface area contributed by atoms with Gasteiger partial charge in [-0.3, -0.25) is 5.32 Å². The minimum Gasteiger partial charge on any atom is -0.444 e. The molecule has 0 spiro atoms. The van der Waals surface area contributed by atoms with Crippen molar-refractivity contribution in [3.05, 3.63) is 54.1 Å². The highest BCUT2D eigenvalue weighted by molar-refractivity contribution is 5.70. The van der Waals surface area contributed by atoms with Crippen LogP contribution in [0, 0.1) is 0 Å². The van der Waals surface area contributed by atoms with E-state index in [9.17, 15) is 4.79 Å². The van der Waals surface area contributed by atoms with Crippen LogP contribution in [-0.2, 0) is 4.74 Å². The lowest BCUT2D eigenvalue weighted by Crippen LogP contribution is -2.59. The van der Waals surface area contributed by atoms with E-state index in [0.29, 0.717) is 5.69 Å². The van der Waals surface area contributed by atoms with E-state index in [4.69, 9.17) is 16.2 Å². The molecule has 118 valence electrons. The average molecular weight is 301 g/mol. The zero-order valence-corrected chi connectivity index (χ0v) is 13.2. The molecule has 5 nitrogen and oxygen atoms in total. The molecule has 0 aliphatic heterocycles. The van der Waals surface area contributed by atoms with Gasteiger partial charge in [-0.2, -0.15) is 0 Å². The molecule has 2 rings (SSSR count). The summed E-state index contributed by atoms with van der Waals surface area (Å²) in [6, 6.07) is 7.46. The van der Waals surface area contributed by atoms with E-state index in [1.165, 1.54) is 0 Å². The molecule has 0 aromatic heterocycles. The Balaban J connectivity index is 2.24. The molecule has 1 aliphatic rings. The van der Waals surface area contributed by atoms with Gasteiger partial charge in [0.2, 0.25) is 0 Å². The van der Waals surface area contributed by atoms with Gasteiger partial charge in [-0.1, -0.05) is 30.4 Å². The summed E-state index contributed by atoms with van der Waals surface area (Å²) < 4.78 is 5.30. The third-order valence-corrected chi connectivity index (χ3v) is 3.29. The van der Waals surface area contributed by atoms with Gasteiger partial charge in [0, 0.05) is 11.6 Å². The molecule has 0 heterocycles. The molecule has 22 heavy (non-hydrogen) atoms. The third-order valence-electron chi connectivity index (χ3n) is 3.29. The molecule has 1 amide bonds. The van der Waals surface area contributed by atoms with Crippen LogP contribution >= 0.6 is 0 Å². The van der Waals surface area contributed by atoms with Crippen molar-refractivity contribution in [3.8, 4) is 0 Å². The van der Waals surface area contributed by atoms with Gasteiger partial charge in [0.05, 0.1) is 0 Å². The highest BCUT2D eigenvalue weighted by Crippen LogP contribution is 2.31. The topological polar surface area (TPSA) is 90.4 Å². The van der Waals surface area contributed by atoms with Gasteiger partial charge in [0.25, 0.3) is 0 Å². The Morgan fingerprint density at radius 1 is 1.32 bits per heavy atom. The van der Waals surface area contributed by atoms with Crippen molar-refractivity contribution < 1.29 is 9.53 Å². The van der Waals surface area contributed by atoms with E-state index >= 15 is 0 Å². The number of amides is 1. The summed E-state index contributed by atoms with van der Waals surface area (Å²) in [6.07, 6.45) is 6.84. The number of benzene rings is 1. The molecule has 1 aromatic rings. The largest absolute Gasteiger partial charge is 0.444 e. The van der Waals surface area contributed by atoms with Crippen LogP contribution in [0.25, 0.3) is 0 Å². The molecule has 0 radical (unpaired) electrons. The van der Waals surface area contributed by atoms with Crippen LogP contribution in [0.4, 0.5) is 10.5 Å². The monoisotopic (exact) mass is 301 g/mol. The Hall–Kier alpha value is -2.27. The zero-order valence-electron chi connectivity index (χ0n) is 13.2. The molecule has 0 saturated heterocycles. The fourth-order valence-corrected chi connectivity index (χ4v) is 2.39. The van der Waals surface area contributed by atoms with Crippen LogP contribution in [-0.4, -0.2) is 17.4 Å². The van der Waals surface area contributed by atoms with Crippen molar-refractivity contribution >= 4 is 11.8 Å². The van der Waals surface area contributed by atoms with Crippen LogP contribution in [0.5, 0.6) is 0 Å². The lowest BCUT2D eigenvalue weighted by atomic mass is 9.83. The van der Waals surface area contributed by atoms with Crippen molar-refractivity contribution in [2.45, 2.75) is 38.0 Å². The SMILES string of the molecule is CC(C)(C)OC(=O)NC1(N)C=CC=CC1c1cccc(N)c1. The van der Waals surface area contributed by atoms with Gasteiger partial charge in [0.1, 0.15) is 11.3 Å². The molecule has 2 unspecified atom stereocenters. The van der Waals surface area contributed by atoms with Gasteiger partial charge in [-0.15, -0.1) is 0 Å². The third kappa shape index (κ3) is 3.89. The molecule has 0 bridgehead atoms. The first kappa shape index (κ1) is 16.1. The molecule has 2 atom stereocenters. The summed E-state index contributed by atoms with van der Waals surface area (Å²) in [5.41, 5.74) is 12.2. The number of allylic oxidation sites excluding steroid dienone is 2. The van der Waals surface area contributed by atoms with E-state index in [-0.39, 0.29) is 5.92 Å². The first-order valence-corrected chi connectivity index (χ1v) is 7.21. The summed E-state index contributed by atoms with van der Waals surface area (Å²) >= 11 is 0. The maximum atomic E-state index is 12.1. The van der Waals surface area contributed by atoms with Crippen LogP contribution in [0.3, 0.4) is 0 Å². The van der Waals surface area contributed by atoms with E-state index in [2.05, 4.69) is 5.32 Å². The Morgan fingerprint density at radius 3 is 2.68 bits per heavy atom. The number of anilines is 1. The fourth-order valence-electron chi connectivity index (χ4n) is 2.39. The predicted molar refractivity (Wildman–Crippen MR) is 88.2 cm³/mol. The zero-order chi connectivity index (χ0) is 16.4. The lowest BCUT2D eigenvalue weighted by molar-refractivity contribution is 0.0472. The number of alkyl carbamates (subject to hydrolysis) is 1. The number of nitrogens with one attached hydrogen (secondary N) is 1. The number of hydrogen-bond acceptors (Lipinski definition) is 4. The minimum absolute atomic E-state index is 0.228. The Morgan fingerprint density at radius 2 is 2.05 bits per heavy atom.